The van der Waals surface area contributed by atoms with Gasteiger partial charge in [0.15, 0.2) is 0 Å². The molecule has 3 aromatic rings. The highest BCUT2D eigenvalue weighted by Gasteiger charge is 2.24. The lowest BCUT2D eigenvalue weighted by Gasteiger charge is -2.11. The van der Waals surface area contributed by atoms with Crippen molar-refractivity contribution >= 4 is 19.7 Å². The Bertz CT molecular complexity index is 1100. The summed E-state index contributed by atoms with van der Waals surface area (Å²) >= 11 is 0. The Morgan fingerprint density at radius 1 is 0.560 bits per heavy atom. The smallest absolute Gasteiger partial charge is 0.206 e. The van der Waals surface area contributed by atoms with Gasteiger partial charge in [-0.25, -0.2) is 16.8 Å². The topological polar surface area (TPSA) is 68.3 Å². The van der Waals surface area contributed by atoms with Crippen LogP contribution in [0.15, 0.2) is 98.4 Å². The van der Waals surface area contributed by atoms with E-state index in [1.54, 1.807) is 43.3 Å². The van der Waals surface area contributed by atoms with Gasteiger partial charge < -0.3 is 0 Å². The Labute approximate surface area is 147 Å². The van der Waals surface area contributed by atoms with Crippen molar-refractivity contribution in [2.75, 3.05) is 0 Å². The SMILES string of the molecule is Cc1ccc(S(=O)(=O)c2ccccc2)cc1S(=O)(=O)c1ccccc1. The van der Waals surface area contributed by atoms with E-state index in [0.29, 0.717) is 5.56 Å². The Kier molecular flexibility index (Phi) is 4.49. The van der Waals surface area contributed by atoms with Crippen molar-refractivity contribution in [1.82, 2.24) is 0 Å². The van der Waals surface area contributed by atoms with Crippen LogP contribution in [0.2, 0.25) is 0 Å². The maximum atomic E-state index is 12.9. The zero-order chi connectivity index (χ0) is 18.1. The molecule has 0 N–H and O–H groups in total. The molecule has 0 bridgehead atoms. The highest BCUT2D eigenvalue weighted by Crippen LogP contribution is 2.28. The number of rotatable bonds is 4. The summed E-state index contributed by atoms with van der Waals surface area (Å²) in [5.41, 5.74) is 0.496. The average Bonchev–Trinajstić information content (AvgIpc) is 2.63. The van der Waals surface area contributed by atoms with E-state index in [0.717, 1.165) is 0 Å². The maximum absolute atomic E-state index is 12.9. The molecule has 0 radical (unpaired) electrons. The average molecular weight is 372 g/mol. The number of aryl methyl sites for hydroxylation is 1. The number of benzene rings is 3. The normalized spacial score (nSPS) is 12.0. The van der Waals surface area contributed by atoms with Gasteiger partial charge >= 0.3 is 0 Å². The van der Waals surface area contributed by atoms with Crippen LogP contribution in [0.1, 0.15) is 5.56 Å². The molecule has 0 aliphatic carbocycles. The predicted octanol–water partition coefficient (Wildman–Crippen LogP) is 3.66. The van der Waals surface area contributed by atoms with Gasteiger partial charge in [-0.3, -0.25) is 0 Å². The molecule has 0 aromatic heterocycles. The Hall–Kier alpha value is -2.44. The zero-order valence-corrected chi connectivity index (χ0v) is 15.1. The lowest BCUT2D eigenvalue weighted by atomic mass is 10.2. The van der Waals surface area contributed by atoms with E-state index in [1.807, 2.05) is 0 Å². The van der Waals surface area contributed by atoms with Crippen molar-refractivity contribution in [3.05, 3.63) is 84.4 Å². The van der Waals surface area contributed by atoms with E-state index >= 15 is 0 Å². The first kappa shape index (κ1) is 17.4. The van der Waals surface area contributed by atoms with E-state index in [9.17, 15) is 16.8 Å². The number of hydrogen-bond acceptors (Lipinski definition) is 4. The lowest BCUT2D eigenvalue weighted by Crippen LogP contribution is -2.08. The van der Waals surface area contributed by atoms with E-state index in [1.165, 1.54) is 42.5 Å². The molecule has 128 valence electrons. The van der Waals surface area contributed by atoms with Crippen LogP contribution in [-0.2, 0) is 19.7 Å². The monoisotopic (exact) mass is 372 g/mol. The van der Waals surface area contributed by atoms with Gasteiger partial charge in [-0.1, -0.05) is 42.5 Å². The van der Waals surface area contributed by atoms with E-state index < -0.39 is 19.7 Å². The van der Waals surface area contributed by atoms with Crippen molar-refractivity contribution in [2.45, 2.75) is 26.5 Å². The summed E-state index contributed by atoms with van der Waals surface area (Å²) in [6.07, 6.45) is 0. The summed E-state index contributed by atoms with van der Waals surface area (Å²) in [5, 5.41) is 0. The first-order chi connectivity index (χ1) is 11.8. The summed E-state index contributed by atoms with van der Waals surface area (Å²) in [5.74, 6) is 0. The first-order valence-corrected chi connectivity index (χ1v) is 10.5. The number of hydrogen-bond donors (Lipinski definition) is 0. The van der Waals surface area contributed by atoms with Crippen molar-refractivity contribution in [3.63, 3.8) is 0 Å². The highest BCUT2D eigenvalue weighted by molar-refractivity contribution is 7.92. The van der Waals surface area contributed by atoms with Gasteiger partial charge in [0.2, 0.25) is 19.7 Å². The standard InChI is InChI=1S/C19H16O4S2/c1-15-12-13-18(24(20,21)16-8-4-2-5-9-16)14-19(15)25(22,23)17-10-6-3-7-11-17/h2-14H,1H3. The van der Waals surface area contributed by atoms with Gasteiger partial charge in [-0.2, -0.15) is 0 Å². The van der Waals surface area contributed by atoms with Crippen LogP contribution >= 0.6 is 0 Å². The zero-order valence-electron chi connectivity index (χ0n) is 13.5. The molecule has 3 rings (SSSR count). The summed E-state index contributed by atoms with van der Waals surface area (Å²) in [6.45, 7) is 1.65. The largest absolute Gasteiger partial charge is 0.219 e. The molecule has 0 saturated heterocycles. The Balaban J connectivity index is 2.18. The minimum absolute atomic E-state index is 0.00398. The Morgan fingerprint density at radius 2 is 1.04 bits per heavy atom. The third-order valence-electron chi connectivity index (χ3n) is 3.87. The third-order valence-corrected chi connectivity index (χ3v) is 7.55. The minimum Gasteiger partial charge on any atom is -0.219 e. The summed E-state index contributed by atoms with van der Waals surface area (Å²) in [7, 11) is -7.58. The second kappa shape index (κ2) is 6.46. The quantitative estimate of drug-likeness (QED) is 0.701. The first-order valence-electron chi connectivity index (χ1n) is 7.54. The van der Waals surface area contributed by atoms with Crippen molar-refractivity contribution < 1.29 is 16.8 Å². The molecule has 0 saturated carbocycles. The molecule has 3 aromatic carbocycles. The molecule has 0 fully saturated rings. The van der Waals surface area contributed by atoms with Crippen LogP contribution in [-0.4, -0.2) is 16.8 Å². The van der Waals surface area contributed by atoms with Crippen LogP contribution in [0, 0.1) is 6.92 Å². The third kappa shape index (κ3) is 3.23. The minimum atomic E-state index is -3.80. The van der Waals surface area contributed by atoms with Crippen LogP contribution < -0.4 is 0 Å². The summed E-state index contributed by atoms with van der Waals surface area (Å²) in [4.78, 5) is 0.212. The molecule has 6 heteroatoms. The molecule has 0 unspecified atom stereocenters. The van der Waals surface area contributed by atoms with Crippen LogP contribution in [0.25, 0.3) is 0 Å². The van der Waals surface area contributed by atoms with Gasteiger partial charge in [0.05, 0.1) is 19.6 Å². The maximum Gasteiger partial charge on any atom is 0.206 e. The molecule has 0 heterocycles. The fourth-order valence-corrected chi connectivity index (χ4v) is 5.43. The van der Waals surface area contributed by atoms with Gasteiger partial charge in [0.1, 0.15) is 0 Å². The van der Waals surface area contributed by atoms with E-state index in [-0.39, 0.29) is 19.6 Å². The van der Waals surface area contributed by atoms with Crippen molar-refractivity contribution in [1.29, 1.82) is 0 Å². The van der Waals surface area contributed by atoms with Crippen LogP contribution in [0.4, 0.5) is 0 Å². The predicted molar refractivity (Wildman–Crippen MR) is 95.0 cm³/mol. The summed E-state index contributed by atoms with van der Waals surface area (Å²) in [6, 6.07) is 20.1. The van der Waals surface area contributed by atoms with Crippen LogP contribution in [0.5, 0.6) is 0 Å². The van der Waals surface area contributed by atoms with E-state index in [4.69, 9.17) is 0 Å². The molecule has 0 aliphatic rings. The summed E-state index contributed by atoms with van der Waals surface area (Å²) < 4.78 is 51.3. The van der Waals surface area contributed by atoms with Gasteiger partial charge in [0.25, 0.3) is 0 Å². The van der Waals surface area contributed by atoms with Gasteiger partial charge in [-0.15, -0.1) is 0 Å². The molecule has 4 nitrogen and oxygen atoms in total. The van der Waals surface area contributed by atoms with E-state index in [2.05, 4.69) is 0 Å². The second-order valence-electron chi connectivity index (χ2n) is 5.56. The molecular weight excluding hydrogens is 356 g/mol. The fraction of sp³-hybridized carbons (Fsp3) is 0.0526. The molecule has 0 spiro atoms. The van der Waals surface area contributed by atoms with Crippen LogP contribution in [0.3, 0.4) is 0 Å². The lowest BCUT2D eigenvalue weighted by molar-refractivity contribution is 0.593. The molecular formula is C19H16O4S2. The molecule has 0 amide bonds. The Morgan fingerprint density at radius 3 is 1.56 bits per heavy atom. The van der Waals surface area contributed by atoms with Gasteiger partial charge in [0, 0.05) is 0 Å². The van der Waals surface area contributed by atoms with Crippen molar-refractivity contribution in [2.24, 2.45) is 0 Å². The highest BCUT2D eigenvalue weighted by atomic mass is 32.2. The second-order valence-corrected chi connectivity index (χ2v) is 9.43. The number of sulfone groups is 2. The fourth-order valence-electron chi connectivity index (χ4n) is 2.50. The van der Waals surface area contributed by atoms with Gasteiger partial charge in [-0.05, 0) is 48.9 Å². The molecule has 25 heavy (non-hydrogen) atoms. The van der Waals surface area contributed by atoms with Crippen molar-refractivity contribution in [3.8, 4) is 0 Å². The molecule has 0 aliphatic heterocycles. The molecule has 0 atom stereocenters.